The van der Waals surface area contributed by atoms with Crippen LogP contribution in [0.15, 0.2) is 102 Å². The van der Waals surface area contributed by atoms with Crippen LogP contribution in [0.25, 0.3) is 33.6 Å². The van der Waals surface area contributed by atoms with Crippen molar-refractivity contribution in [1.29, 1.82) is 5.41 Å². The molecule has 0 spiro atoms. The number of rotatable bonds is 6. The topological polar surface area (TPSA) is 75.7 Å². The SMILES string of the molecule is CCC(N)=C(C)C(=N)c1cccc(-c2cccc(-c3cccc(-c4ccccn4)c3)c2)n1. The van der Waals surface area contributed by atoms with E-state index in [1.807, 2.05) is 68.6 Å². The fraction of sp³-hybridized carbons (Fsp3) is 0.107. The molecule has 0 atom stereocenters. The van der Waals surface area contributed by atoms with Crippen LogP contribution in [-0.2, 0) is 0 Å². The molecule has 0 aliphatic carbocycles. The highest BCUT2D eigenvalue weighted by Crippen LogP contribution is 2.28. The van der Waals surface area contributed by atoms with E-state index in [1.165, 1.54) is 0 Å². The number of allylic oxidation sites excluding steroid dienone is 2. The van der Waals surface area contributed by atoms with E-state index in [0.29, 0.717) is 17.8 Å². The second-order valence-corrected chi connectivity index (χ2v) is 7.66. The van der Waals surface area contributed by atoms with Crippen LogP contribution in [0.3, 0.4) is 0 Å². The van der Waals surface area contributed by atoms with Crippen LogP contribution in [0.2, 0.25) is 0 Å². The quantitative estimate of drug-likeness (QED) is 0.351. The maximum atomic E-state index is 8.50. The van der Waals surface area contributed by atoms with E-state index >= 15 is 0 Å². The van der Waals surface area contributed by atoms with Crippen molar-refractivity contribution in [2.45, 2.75) is 20.3 Å². The molecule has 0 aliphatic heterocycles. The molecule has 0 saturated carbocycles. The van der Waals surface area contributed by atoms with E-state index in [-0.39, 0.29) is 0 Å². The summed E-state index contributed by atoms with van der Waals surface area (Å²) in [7, 11) is 0. The van der Waals surface area contributed by atoms with Gasteiger partial charge in [0.05, 0.1) is 22.8 Å². The highest BCUT2D eigenvalue weighted by Gasteiger charge is 2.11. The van der Waals surface area contributed by atoms with Gasteiger partial charge in [0, 0.05) is 23.0 Å². The molecule has 4 heteroatoms. The van der Waals surface area contributed by atoms with Crippen LogP contribution in [-0.4, -0.2) is 15.7 Å². The van der Waals surface area contributed by atoms with Gasteiger partial charge in [-0.15, -0.1) is 0 Å². The third kappa shape index (κ3) is 4.49. The predicted molar refractivity (Wildman–Crippen MR) is 132 cm³/mol. The molecule has 2 aromatic heterocycles. The third-order valence-electron chi connectivity index (χ3n) is 5.56. The van der Waals surface area contributed by atoms with Crippen molar-refractivity contribution >= 4 is 5.71 Å². The Kier molecular flexibility index (Phi) is 6.22. The Hall–Kier alpha value is -4.05. The van der Waals surface area contributed by atoms with E-state index < -0.39 is 0 Å². The first kappa shape index (κ1) is 21.2. The third-order valence-corrected chi connectivity index (χ3v) is 5.56. The Balaban J connectivity index is 1.68. The summed E-state index contributed by atoms with van der Waals surface area (Å²) in [6.07, 6.45) is 2.53. The lowest BCUT2D eigenvalue weighted by Gasteiger charge is -2.10. The lowest BCUT2D eigenvalue weighted by atomic mass is 9.98. The van der Waals surface area contributed by atoms with Gasteiger partial charge in [-0.25, -0.2) is 4.98 Å². The van der Waals surface area contributed by atoms with Gasteiger partial charge in [0.25, 0.3) is 0 Å². The molecule has 3 N–H and O–H groups in total. The van der Waals surface area contributed by atoms with Crippen molar-refractivity contribution in [3.8, 4) is 33.6 Å². The molecule has 0 radical (unpaired) electrons. The molecule has 2 heterocycles. The number of nitrogens with zero attached hydrogens (tertiary/aromatic N) is 2. The van der Waals surface area contributed by atoms with Gasteiger partial charge in [0.2, 0.25) is 0 Å². The van der Waals surface area contributed by atoms with Crippen molar-refractivity contribution in [3.05, 3.63) is 108 Å². The summed E-state index contributed by atoms with van der Waals surface area (Å²) in [5.74, 6) is 0. The van der Waals surface area contributed by atoms with Gasteiger partial charge in [0.15, 0.2) is 0 Å². The largest absolute Gasteiger partial charge is 0.402 e. The molecule has 0 unspecified atom stereocenters. The lowest BCUT2D eigenvalue weighted by Crippen LogP contribution is -2.10. The van der Waals surface area contributed by atoms with Crippen LogP contribution in [0, 0.1) is 5.41 Å². The highest BCUT2D eigenvalue weighted by atomic mass is 14.7. The van der Waals surface area contributed by atoms with Crippen molar-refractivity contribution in [1.82, 2.24) is 9.97 Å². The second kappa shape index (κ2) is 9.40. The van der Waals surface area contributed by atoms with E-state index in [1.54, 1.807) is 0 Å². The molecule has 0 amide bonds. The van der Waals surface area contributed by atoms with Crippen LogP contribution < -0.4 is 5.73 Å². The Morgan fingerprint density at radius 3 is 2.00 bits per heavy atom. The summed E-state index contributed by atoms with van der Waals surface area (Å²) in [5.41, 5.74) is 14.6. The predicted octanol–water partition coefficient (Wildman–Crippen LogP) is 6.49. The number of hydrogen-bond acceptors (Lipinski definition) is 4. The maximum Gasteiger partial charge on any atom is 0.0889 e. The van der Waals surface area contributed by atoms with Gasteiger partial charge in [-0.3, -0.25) is 10.4 Å². The summed E-state index contributed by atoms with van der Waals surface area (Å²) in [6, 6.07) is 28.4. The fourth-order valence-corrected chi connectivity index (χ4v) is 3.60. The summed E-state index contributed by atoms with van der Waals surface area (Å²) >= 11 is 0. The zero-order chi connectivity index (χ0) is 22.5. The molecule has 158 valence electrons. The Morgan fingerprint density at radius 1 is 0.781 bits per heavy atom. The van der Waals surface area contributed by atoms with Crippen LogP contribution in [0.1, 0.15) is 26.0 Å². The number of nitrogens with one attached hydrogen (secondary N) is 1. The Labute approximate surface area is 189 Å². The molecular weight excluding hydrogens is 392 g/mol. The molecule has 0 bridgehead atoms. The normalized spacial score (nSPS) is 11.7. The van der Waals surface area contributed by atoms with Gasteiger partial charge >= 0.3 is 0 Å². The van der Waals surface area contributed by atoms with Gasteiger partial charge in [-0.2, -0.15) is 0 Å². The summed E-state index contributed by atoms with van der Waals surface area (Å²) in [6.45, 7) is 3.87. The number of benzene rings is 2. The Bertz CT molecular complexity index is 1290. The number of hydrogen-bond donors (Lipinski definition) is 2. The van der Waals surface area contributed by atoms with Gasteiger partial charge in [-0.1, -0.05) is 55.5 Å². The van der Waals surface area contributed by atoms with Crippen molar-refractivity contribution in [2.24, 2.45) is 5.73 Å². The minimum atomic E-state index is 0.366. The van der Waals surface area contributed by atoms with E-state index in [9.17, 15) is 0 Å². The van der Waals surface area contributed by atoms with Gasteiger partial charge < -0.3 is 5.73 Å². The summed E-state index contributed by atoms with van der Waals surface area (Å²) in [5, 5.41) is 8.50. The monoisotopic (exact) mass is 418 g/mol. The standard InChI is InChI=1S/C28H26N4/c1-3-24(29)19(2)28(30)27-15-8-14-26(32-27)23-12-7-10-21(18-23)20-9-6-11-22(17-20)25-13-4-5-16-31-25/h4-18,30H,3,29H2,1-2H3. The summed E-state index contributed by atoms with van der Waals surface area (Å²) in [4.78, 5) is 9.22. The first-order chi connectivity index (χ1) is 15.6. The van der Waals surface area contributed by atoms with Crippen molar-refractivity contribution in [2.75, 3.05) is 0 Å². The number of pyridine rings is 2. The second-order valence-electron chi connectivity index (χ2n) is 7.66. The van der Waals surface area contributed by atoms with Crippen molar-refractivity contribution < 1.29 is 0 Å². The first-order valence-corrected chi connectivity index (χ1v) is 10.7. The molecule has 4 aromatic rings. The summed E-state index contributed by atoms with van der Waals surface area (Å²) < 4.78 is 0. The zero-order valence-electron chi connectivity index (χ0n) is 18.3. The molecule has 4 rings (SSSR count). The average Bonchev–Trinajstić information content (AvgIpc) is 2.88. The molecule has 4 nitrogen and oxygen atoms in total. The number of nitrogens with two attached hydrogens (primary N) is 1. The van der Waals surface area contributed by atoms with E-state index in [4.69, 9.17) is 16.1 Å². The average molecular weight is 419 g/mol. The minimum absolute atomic E-state index is 0.366. The smallest absolute Gasteiger partial charge is 0.0889 e. The number of aromatic nitrogens is 2. The lowest BCUT2D eigenvalue weighted by molar-refractivity contribution is 1.04. The van der Waals surface area contributed by atoms with E-state index in [2.05, 4.69) is 41.4 Å². The van der Waals surface area contributed by atoms with Gasteiger partial charge in [-0.05, 0) is 66.4 Å². The van der Waals surface area contributed by atoms with Crippen LogP contribution >= 0.6 is 0 Å². The Morgan fingerprint density at radius 2 is 1.38 bits per heavy atom. The van der Waals surface area contributed by atoms with Gasteiger partial charge in [0.1, 0.15) is 0 Å². The van der Waals surface area contributed by atoms with Crippen LogP contribution in [0.4, 0.5) is 0 Å². The highest BCUT2D eigenvalue weighted by molar-refractivity contribution is 6.09. The molecule has 32 heavy (non-hydrogen) atoms. The fourth-order valence-electron chi connectivity index (χ4n) is 3.60. The van der Waals surface area contributed by atoms with E-state index in [0.717, 1.165) is 44.9 Å². The molecule has 0 saturated heterocycles. The first-order valence-electron chi connectivity index (χ1n) is 10.7. The molecule has 2 aromatic carbocycles. The zero-order valence-corrected chi connectivity index (χ0v) is 18.3. The van der Waals surface area contributed by atoms with Crippen LogP contribution in [0.5, 0.6) is 0 Å². The molecule has 0 aliphatic rings. The maximum absolute atomic E-state index is 8.50. The molecular formula is C28H26N4. The van der Waals surface area contributed by atoms with Crippen molar-refractivity contribution in [3.63, 3.8) is 0 Å². The molecule has 0 fully saturated rings. The minimum Gasteiger partial charge on any atom is -0.402 e.